The molecule has 0 fully saturated rings. The number of furan rings is 1. The van der Waals surface area contributed by atoms with Crippen LogP contribution in [-0.4, -0.2) is 5.91 Å². The number of aryl methyl sites for hydroxylation is 1. The third kappa shape index (κ3) is 3.05. The second-order valence-corrected chi connectivity index (χ2v) is 4.74. The van der Waals surface area contributed by atoms with Gasteiger partial charge in [-0.3, -0.25) is 10.1 Å². The molecule has 4 nitrogen and oxygen atoms in total. The van der Waals surface area contributed by atoms with Crippen LogP contribution in [0, 0.1) is 12.7 Å². The Hall–Kier alpha value is -2.14. The molecule has 2 atom stereocenters. The van der Waals surface area contributed by atoms with Gasteiger partial charge in [-0.1, -0.05) is 12.1 Å². The second-order valence-electron chi connectivity index (χ2n) is 4.74. The smallest absolute Gasteiger partial charge is 0.239 e. The van der Waals surface area contributed by atoms with E-state index in [9.17, 15) is 9.18 Å². The Morgan fingerprint density at radius 2 is 1.95 bits per heavy atom. The molecule has 1 aromatic carbocycles. The van der Waals surface area contributed by atoms with Crippen LogP contribution in [-0.2, 0) is 4.79 Å². The number of hydrogen-bond acceptors (Lipinski definition) is 3. The summed E-state index contributed by atoms with van der Waals surface area (Å²) in [5.74, 6) is -0.127. The maximum Gasteiger partial charge on any atom is 0.239 e. The number of nitrogens with two attached hydrogens (primary N) is 1. The van der Waals surface area contributed by atoms with E-state index in [0.717, 1.165) is 11.3 Å². The van der Waals surface area contributed by atoms with Gasteiger partial charge in [0.05, 0.1) is 12.3 Å². The zero-order chi connectivity index (χ0) is 14.7. The first-order chi connectivity index (χ1) is 9.49. The lowest BCUT2D eigenvalue weighted by molar-refractivity contribution is -0.120. The van der Waals surface area contributed by atoms with Gasteiger partial charge in [0.2, 0.25) is 5.91 Å². The van der Waals surface area contributed by atoms with E-state index < -0.39 is 11.9 Å². The number of hydrogen-bond donors (Lipinski definition) is 2. The topological polar surface area (TPSA) is 68.3 Å². The lowest BCUT2D eigenvalue weighted by Crippen LogP contribution is -2.35. The molecule has 0 saturated carbocycles. The van der Waals surface area contributed by atoms with Gasteiger partial charge in [0.15, 0.2) is 0 Å². The van der Waals surface area contributed by atoms with Crippen molar-refractivity contribution in [1.29, 1.82) is 0 Å². The van der Waals surface area contributed by atoms with Gasteiger partial charge in [0.1, 0.15) is 17.6 Å². The van der Waals surface area contributed by atoms with Gasteiger partial charge in [-0.05, 0) is 43.2 Å². The quantitative estimate of drug-likeness (QED) is 0.882. The summed E-state index contributed by atoms with van der Waals surface area (Å²) in [6.45, 7) is 3.81. The van der Waals surface area contributed by atoms with Gasteiger partial charge in [-0.2, -0.15) is 0 Å². The molecule has 106 valence electrons. The van der Waals surface area contributed by atoms with E-state index in [4.69, 9.17) is 10.2 Å². The Bertz CT molecular complexity index is 592. The molecule has 3 N–H and O–H groups in total. The summed E-state index contributed by atoms with van der Waals surface area (Å²) >= 11 is 0. The van der Waals surface area contributed by atoms with Crippen molar-refractivity contribution in [2.45, 2.75) is 25.9 Å². The molecular formula is C15H17FN2O2. The van der Waals surface area contributed by atoms with Gasteiger partial charge in [0.25, 0.3) is 0 Å². The molecule has 1 aromatic heterocycles. The van der Waals surface area contributed by atoms with Gasteiger partial charge in [0, 0.05) is 0 Å². The molecular weight excluding hydrogens is 259 g/mol. The van der Waals surface area contributed by atoms with E-state index in [-0.39, 0.29) is 11.9 Å². The van der Waals surface area contributed by atoms with Crippen molar-refractivity contribution >= 4 is 5.91 Å². The maximum atomic E-state index is 12.9. The van der Waals surface area contributed by atoms with Crippen molar-refractivity contribution in [3.8, 4) is 0 Å². The largest absolute Gasteiger partial charge is 0.467 e. The van der Waals surface area contributed by atoms with Crippen molar-refractivity contribution < 1.29 is 13.6 Å². The van der Waals surface area contributed by atoms with Crippen molar-refractivity contribution in [3.63, 3.8) is 0 Å². The highest BCUT2D eigenvalue weighted by molar-refractivity contribution is 5.81. The fourth-order valence-corrected chi connectivity index (χ4v) is 2.15. The molecule has 0 aliphatic heterocycles. The number of carbonyl (C=O) groups excluding carboxylic acids is 1. The SMILES string of the molecule is Cc1ccoc1[C@H](C)N[C@@H](C(N)=O)c1ccc(F)cc1. The van der Waals surface area contributed by atoms with Crippen LogP contribution >= 0.6 is 0 Å². The summed E-state index contributed by atoms with van der Waals surface area (Å²) in [5, 5.41) is 3.10. The average molecular weight is 276 g/mol. The van der Waals surface area contributed by atoms with Gasteiger partial charge in [-0.25, -0.2) is 4.39 Å². The van der Waals surface area contributed by atoms with Gasteiger partial charge >= 0.3 is 0 Å². The van der Waals surface area contributed by atoms with Crippen LogP contribution in [0.1, 0.15) is 35.9 Å². The predicted molar refractivity (Wildman–Crippen MR) is 73.3 cm³/mol. The molecule has 1 heterocycles. The molecule has 0 bridgehead atoms. The molecule has 5 heteroatoms. The zero-order valence-electron chi connectivity index (χ0n) is 11.4. The first-order valence-electron chi connectivity index (χ1n) is 6.34. The van der Waals surface area contributed by atoms with Crippen molar-refractivity contribution in [1.82, 2.24) is 5.32 Å². The van der Waals surface area contributed by atoms with Crippen LogP contribution in [0.2, 0.25) is 0 Å². The van der Waals surface area contributed by atoms with Crippen LogP contribution in [0.15, 0.2) is 41.0 Å². The Balaban J connectivity index is 2.20. The fourth-order valence-electron chi connectivity index (χ4n) is 2.15. The second kappa shape index (κ2) is 5.88. The molecule has 0 spiro atoms. The Morgan fingerprint density at radius 1 is 1.30 bits per heavy atom. The summed E-state index contributed by atoms with van der Waals surface area (Å²) in [6, 6.07) is 6.65. The van der Waals surface area contributed by atoms with E-state index in [1.54, 1.807) is 18.4 Å². The zero-order valence-corrected chi connectivity index (χ0v) is 11.4. The molecule has 0 aliphatic carbocycles. The van der Waals surface area contributed by atoms with Gasteiger partial charge in [-0.15, -0.1) is 0 Å². The summed E-state index contributed by atoms with van der Waals surface area (Å²) in [6.07, 6.45) is 1.60. The van der Waals surface area contributed by atoms with Crippen molar-refractivity contribution in [2.24, 2.45) is 5.73 Å². The molecule has 0 unspecified atom stereocenters. The van der Waals surface area contributed by atoms with Crippen LogP contribution in [0.25, 0.3) is 0 Å². The van der Waals surface area contributed by atoms with Crippen LogP contribution in [0.4, 0.5) is 4.39 Å². The predicted octanol–water partition coefficient (Wildman–Crippen LogP) is 2.60. The molecule has 0 saturated heterocycles. The lowest BCUT2D eigenvalue weighted by Gasteiger charge is -2.20. The lowest BCUT2D eigenvalue weighted by atomic mass is 10.0. The van der Waals surface area contributed by atoms with Crippen molar-refractivity contribution in [3.05, 3.63) is 59.3 Å². The number of rotatable bonds is 5. The molecule has 2 aromatic rings. The minimum Gasteiger partial charge on any atom is -0.467 e. The highest BCUT2D eigenvalue weighted by atomic mass is 19.1. The molecule has 0 radical (unpaired) electrons. The first-order valence-corrected chi connectivity index (χ1v) is 6.34. The summed E-state index contributed by atoms with van der Waals surface area (Å²) in [5.41, 5.74) is 7.03. The highest BCUT2D eigenvalue weighted by Gasteiger charge is 2.22. The molecule has 2 rings (SSSR count). The monoisotopic (exact) mass is 276 g/mol. The summed E-state index contributed by atoms with van der Waals surface area (Å²) in [7, 11) is 0. The highest BCUT2D eigenvalue weighted by Crippen LogP contribution is 2.22. The summed E-state index contributed by atoms with van der Waals surface area (Å²) in [4.78, 5) is 11.6. The number of primary amides is 1. The van der Waals surface area contributed by atoms with Crippen LogP contribution in [0.5, 0.6) is 0 Å². The van der Waals surface area contributed by atoms with Gasteiger partial charge < -0.3 is 10.2 Å². The summed E-state index contributed by atoms with van der Waals surface area (Å²) < 4.78 is 18.3. The van der Waals surface area contributed by atoms with E-state index >= 15 is 0 Å². The molecule has 0 aliphatic rings. The number of benzene rings is 1. The third-order valence-corrected chi connectivity index (χ3v) is 3.20. The Labute approximate surface area is 116 Å². The number of nitrogens with one attached hydrogen (secondary N) is 1. The molecule has 1 amide bonds. The number of amides is 1. The minimum absolute atomic E-state index is 0.187. The average Bonchev–Trinajstić information content (AvgIpc) is 2.83. The van der Waals surface area contributed by atoms with Crippen LogP contribution < -0.4 is 11.1 Å². The fraction of sp³-hybridized carbons (Fsp3) is 0.267. The van der Waals surface area contributed by atoms with E-state index in [2.05, 4.69) is 5.32 Å². The first kappa shape index (κ1) is 14.3. The minimum atomic E-state index is -0.699. The number of carbonyl (C=O) groups is 1. The third-order valence-electron chi connectivity index (χ3n) is 3.20. The standard InChI is InChI=1S/C15H17FN2O2/c1-9-7-8-20-14(9)10(2)18-13(15(17)19)11-3-5-12(16)6-4-11/h3-8,10,13,18H,1-2H3,(H2,17,19)/t10-,13+/m0/s1. The number of halogens is 1. The molecule has 20 heavy (non-hydrogen) atoms. The van der Waals surface area contributed by atoms with Crippen molar-refractivity contribution in [2.75, 3.05) is 0 Å². The Morgan fingerprint density at radius 3 is 2.45 bits per heavy atom. The van der Waals surface area contributed by atoms with E-state index in [1.807, 2.05) is 19.9 Å². The Kier molecular flexibility index (Phi) is 4.20. The van der Waals surface area contributed by atoms with E-state index in [0.29, 0.717) is 5.56 Å². The van der Waals surface area contributed by atoms with E-state index in [1.165, 1.54) is 12.1 Å². The maximum absolute atomic E-state index is 12.9. The van der Waals surface area contributed by atoms with Crippen LogP contribution in [0.3, 0.4) is 0 Å². The normalized spacial score (nSPS) is 13.9.